The summed E-state index contributed by atoms with van der Waals surface area (Å²) < 4.78 is 1.67. The molecule has 1 N–H and O–H groups in total. The fraction of sp³-hybridized carbons (Fsp3) is 0. The van der Waals surface area contributed by atoms with Gasteiger partial charge in [-0.3, -0.25) is 4.79 Å². The topological polar surface area (TPSA) is 29.1 Å². The molecule has 2 rings (SSSR count). The highest BCUT2D eigenvalue weighted by atomic mass is 127. The van der Waals surface area contributed by atoms with Crippen LogP contribution in [0.2, 0.25) is 0 Å². The van der Waals surface area contributed by atoms with Gasteiger partial charge < -0.3 is 5.32 Å². The van der Waals surface area contributed by atoms with Crippen molar-refractivity contribution in [3.8, 4) is 0 Å². The fourth-order valence-electron chi connectivity index (χ4n) is 1.17. The molecule has 1 saturated heterocycles. The first-order chi connectivity index (χ1) is 7.15. The van der Waals surface area contributed by atoms with Crippen molar-refractivity contribution in [2.45, 2.75) is 0 Å². The standard InChI is InChI=1S/C10H6INOS2/c11-7-3-1-2-6(4-7)5-8-9(13)12-10(14)15-8/h1-5H,(H,12,13,14)/b8-5+. The van der Waals surface area contributed by atoms with Gasteiger partial charge in [-0.2, -0.15) is 0 Å². The third-order valence-corrected chi connectivity index (χ3v) is 3.62. The monoisotopic (exact) mass is 347 g/mol. The maximum absolute atomic E-state index is 11.4. The van der Waals surface area contributed by atoms with Crippen LogP contribution in [0.15, 0.2) is 29.2 Å². The summed E-state index contributed by atoms with van der Waals surface area (Å²) in [6, 6.07) is 7.95. The molecular weight excluding hydrogens is 341 g/mol. The lowest BCUT2D eigenvalue weighted by Gasteiger charge is -1.95. The molecule has 15 heavy (non-hydrogen) atoms. The number of amides is 1. The summed E-state index contributed by atoms with van der Waals surface area (Å²) in [5.74, 6) is -0.108. The van der Waals surface area contributed by atoms with Crippen molar-refractivity contribution in [1.29, 1.82) is 0 Å². The van der Waals surface area contributed by atoms with Crippen LogP contribution >= 0.6 is 46.6 Å². The number of hydrogen-bond acceptors (Lipinski definition) is 3. The zero-order chi connectivity index (χ0) is 10.8. The molecule has 5 heteroatoms. The van der Waals surface area contributed by atoms with E-state index in [4.69, 9.17) is 12.2 Å². The van der Waals surface area contributed by atoms with Gasteiger partial charge in [0, 0.05) is 3.57 Å². The maximum atomic E-state index is 11.4. The highest BCUT2D eigenvalue weighted by molar-refractivity contribution is 14.1. The minimum Gasteiger partial charge on any atom is -0.307 e. The number of thioether (sulfide) groups is 1. The van der Waals surface area contributed by atoms with Gasteiger partial charge >= 0.3 is 0 Å². The van der Waals surface area contributed by atoms with Gasteiger partial charge in [-0.15, -0.1) is 0 Å². The first-order valence-corrected chi connectivity index (χ1v) is 6.46. The number of nitrogens with one attached hydrogen (secondary N) is 1. The first-order valence-electron chi connectivity index (χ1n) is 4.15. The minimum atomic E-state index is -0.108. The highest BCUT2D eigenvalue weighted by Crippen LogP contribution is 2.26. The summed E-state index contributed by atoms with van der Waals surface area (Å²) in [5, 5.41) is 2.59. The van der Waals surface area contributed by atoms with Crippen LogP contribution in [-0.2, 0) is 4.79 Å². The molecule has 0 bridgehead atoms. The number of halogens is 1. The Morgan fingerprint density at radius 2 is 2.27 bits per heavy atom. The van der Waals surface area contributed by atoms with Crippen molar-refractivity contribution in [1.82, 2.24) is 5.32 Å². The van der Waals surface area contributed by atoms with Crippen molar-refractivity contribution < 1.29 is 4.79 Å². The molecule has 1 amide bonds. The molecule has 76 valence electrons. The molecule has 0 atom stereocenters. The van der Waals surface area contributed by atoms with E-state index in [9.17, 15) is 4.79 Å². The van der Waals surface area contributed by atoms with Crippen molar-refractivity contribution in [3.63, 3.8) is 0 Å². The number of benzene rings is 1. The Morgan fingerprint density at radius 3 is 2.87 bits per heavy atom. The lowest BCUT2D eigenvalue weighted by molar-refractivity contribution is -0.115. The van der Waals surface area contributed by atoms with Gasteiger partial charge in [-0.25, -0.2) is 0 Å². The summed E-state index contributed by atoms with van der Waals surface area (Å²) in [6.07, 6.45) is 1.85. The molecule has 1 heterocycles. The van der Waals surface area contributed by atoms with Gasteiger partial charge in [0.05, 0.1) is 4.91 Å². The van der Waals surface area contributed by atoms with Gasteiger partial charge in [0.25, 0.3) is 5.91 Å². The van der Waals surface area contributed by atoms with Gasteiger partial charge in [-0.05, 0) is 46.4 Å². The van der Waals surface area contributed by atoms with E-state index in [1.165, 1.54) is 11.8 Å². The molecule has 0 aliphatic carbocycles. The van der Waals surface area contributed by atoms with Gasteiger partial charge in [-0.1, -0.05) is 36.1 Å². The Bertz CT molecular complexity index is 470. The maximum Gasteiger partial charge on any atom is 0.263 e. The third-order valence-electron chi connectivity index (χ3n) is 1.79. The number of thiocarbonyl (C=S) groups is 1. The van der Waals surface area contributed by atoms with Crippen LogP contribution in [0, 0.1) is 3.57 Å². The van der Waals surface area contributed by atoms with Crippen LogP contribution in [0.1, 0.15) is 5.56 Å². The van der Waals surface area contributed by atoms with Gasteiger partial charge in [0.15, 0.2) is 0 Å². The highest BCUT2D eigenvalue weighted by Gasteiger charge is 2.21. The second-order valence-electron chi connectivity index (χ2n) is 2.91. The Morgan fingerprint density at radius 1 is 1.47 bits per heavy atom. The van der Waals surface area contributed by atoms with Gasteiger partial charge in [0.2, 0.25) is 0 Å². The molecule has 0 aromatic heterocycles. The van der Waals surface area contributed by atoms with Crippen molar-refractivity contribution in [3.05, 3.63) is 38.3 Å². The number of rotatable bonds is 1. The van der Waals surface area contributed by atoms with E-state index in [1.54, 1.807) is 0 Å². The summed E-state index contributed by atoms with van der Waals surface area (Å²) in [7, 11) is 0. The third kappa shape index (κ3) is 2.79. The Labute approximate surface area is 111 Å². The zero-order valence-electron chi connectivity index (χ0n) is 7.49. The van der Waals surface area contributed by atoms with E-state index >= 15 is 0 Å². The quantitative estimate of drug-likeness (QED) is 0.481. The van der Waals surface area contributed by atoms with Crippen LogP contribution < -0.4 is 5.32 Å². The van der Waals surface area contributed by atoms with E-state index in [1.807, 2.05) is 30.3 Å². The van der Waals surface area contributed by atoms with E-state index in [2.05, 4.69) is 27.9 Å². The molecule has 2 nitrogen and oxygen atoms in total. The summed E-state index contributed by atoms with van der Waals surface area (Å²) in [4.78, 5) is 12.0. The summed E-state index contributed by atoms with van der Waals surface area (Å²) in [5.41, 5.74) is 1.02. The molecule has 1 aliphatic rings. The van der Waals surface area contributed by atoms with Crippen molar-refractivity contribution in [2.24, 2.45) is 0 Å². The normalized spacial score (nSPS) is 18.3. The average Bonchev–Trinajstić information content (AvgIpc) is 2.45. The van der Waals surface area contributed by atoms with Crippen LogP contribution in [0.25, 0.3) is 6.08 Å². The van der Waals surface area contributed by atoms with E-state index < -0.39 is 0 Å². The second kappa shape index (κ2) is 4.63. The van der Waals surface area contributed by atoms with Crippen molar-refractivity contribution in [2.75, 3.05) is 0 Å². The molecule has 1 aromatic rings. The largest absolute Gasteiger partial charge is 0.307 e. The van der Waals surface area contributed by atoms with Crippen LogP contribution in [-0.4, -0.2) is 10.2 Å². The molecule has 1 aliphatic heterocycles. The lowest BCUT2D eigenvalue weighted by atomic mass is 10.2. The van der Waals surface area contributed by atoms with E-state index in [0.29, 0.717) is 9.23 Å². The molecule has 0 radical (unpaired) electrons. The first kappa shape index (κ1) is 11.1. The molecule has 1 fully saturated rings. The SMILES string of the molecule is O=C1NC(=S)S/C1=C/c1cccc(I)c1. The van der Waals surface area contributed by atoms with Crippen LogP contribution in [0.5, 0.6) is 0 Å². The molecule has 1 aromatic carbocycles. The molecule has 0 saturated carbocycles. The smallest absolute Gasteiger partial charge is 0.263 e. The predicted molar refractivity (Wildman–Crippen MR) is 75.5 cm³/mol. The Balaban J connectivity index is 2.31. The molecular formula is C10H6INOS2. The van der Waals surface area contributed by atoms with Gasteiger partial charge in [0.1, 0.15) is 4.32 Å². The lowest BCUT2D eigenvalue weighted by Crippen LogP contribution is -2.17. The Kier molecular flexibility index (Phi) is 3.42. The zero-order valence-corrected chi connectivity index (χ0v) is 11.3. The van der Waals surface area contributed by atoms with Crippen LogP contribution in [0.3, 0.4) is 0 Å². The summed E-state index contributed by atoms with van der Waals surface area (Å²) in [6.45, 7) is 0. The van der Waals surface area contributed by atoms with Crippen LogP contribution in [0.4, 0.5) is 0 Å². The molecule has 0 spiro atoms. The minimum absolute atomic E-state index is 0.108. The summed E-state index contributed by atoms with van der Waals surface area (Å²) >= 11 is 8.45. The molecule has 0 unspecified atom stereocenters. The van der Waals surface area contributed by atoms with E-state index in [-0.39, 0.29) is 5.91 Å². The fourth-order valence-corrected chi connectivity index (χ4v) is 2.78. The average molecular weight is 347 g/mol. The number of hydrogen-bond donors (Lipinski definition) is 1. The van der Waals surface area contributed by atoms with E-state index in [0.717, 1.165) is 9.13 Å². The van der Waals surface area contributed by atoms with Crippen molar-refractivity contribution >= 4 is 62.9 Å². The number of carbonyl (C=O) groups is 1. The Hall–Kier alpha value is -0.400. The predicted octanol–water partition coefficient (Wildman–Crippen LogP) is 2.78. The number of carbonyl (C=O) groups excluding carboxylic acids is 1. The second-order valence-corrected chi connectivity index (χ2v) is 5.87.